The van der Waals surface area contributed by atoms with Gasteiger partial charge < -0.3 is 4.74 Å². The van der Waals surface area contributed by atoms with Crippen LogP contribution >= 0.6 is 0 Å². The average molecular weight is 267 g/mol. The van der Waals surface area contributed by atoms with Gasteiger partial charge in [-0.2, -0.15) is 0 Å². The first-order chi connectivity index (χ1) is 9.31. The quantitative estimate of drug-likeness (QED) is 0.425. The van der Waals surface area contributed by atoms with Crippen molar-refractivity contribution >= 4 is 6.09 Å². The SMILES string of the molecule is C/C=C/C=C/NC(=O)OCCCCCCCCCC. The summed E-state index contributed by atoms with van der Waals surface area (Å²) in [7, 11) is 0. The van der Waals surface area contributed by atoms with E-state index in [4.69, 9.17) is 4.74 Å². The number of alkyl carbamates (subject to hydrolysis) is 1. The molecule has 0 aliphatic carbocycles. The van der Waals surface area contributed by atoms with Crippen molar-refractivity contribution in [3.05, 3.63) is 24.4 Å². The van der Waals surface area contributed by atoms with Gasteiger partial charge >= 0.3 is 6.09 Å². The van der Waals surface area contributed by atoms with Crippen LogP contribution in [0.1, 0.15) is 65.2 Å². The lowest BCUT2D eigenvalue weighted by Gasteiger charge is -2.04. The van der Waals surface area contributed by atoms with Gasteiger partial charge in [-0.15, -0.1) is 0 Å². The van der Waals surface area contributed by atoms with Crippen molar-refractivity contribution in [3.63, 3.8) is 0 Å². The summed E-state index contributed by atoms with van der Waals surface area (Å²) in [6.45, 7) is 4.67. The Bertz CT molecular complexity index is 259. The summed E-state index contributed by atoms with van der Waals surface area (Å²) in [6.07, 6.45) is 16.7. The Labute approximate surface area is 118 Å². The van der Waals surface area contributed by atoms with E-state index in [1.807, 2.05) is 19.1 Å². The molecule has 0 radical (unpaired) electrons. The first-order valence-corrected chi connectivity index (χ1v) is 7.52. The molecule has 0 fully saturated rings. The zero-order valence-electron chi connectivity index (χ0n) is 12.5. The molecule has 110 valence electrons. The van der Waals surface area contributed by atoms with Crippen LogP contribution in [0.4, 0.5) is 4.79 Å². The summed E-state index contributed by atoms with van der Waals surface area (Å²) < 4.78 is 5.04. The van der Waals surface area contributed by atoms with Crippen LogP contribution < -0.4 is 5.32 Å². The minimum Gasteiger partial charge on any atom is -0.449 e. The molecule has 0 saturated carbocycles. The van der Waals surface area contributed by atoms with Gasteiger partial charge in [-0.25, -0.2) is 4.79 Å². The highest BCUT2D eigenvalue weighted by Gasteiger charge is 1.97. The van der Waals surface area contributed by atoms with Gasteiger partial charge in [-0.05, 0) is 19.4 Å². The van der Waals surface area contributed by atoms with Crippen molar-refractivity contribution in [2.45, 2.75) is 65.2 Å². The Balaban J connectivity index is 3.23. The molecule has 3 nitrogen and oxygen atoms in total. The van der Waals surface area contributed by atoms with Crippen LogP contribution in [0, 0.1) is 0 Å². The summed E-state index contributed by atoms with van der Waals surface area (Å²) >= 11 is 0. The fourth-order valence-corrected chi connectivity index (χ4v) is 1.73. The van der Waals surface area contributed by atoms with Crippen LogP contribution in [-0.4, -0.2) is 12.7 Å². The second kappa shape index (κ2) is 14.8. The molecule has 0 aromatic carbocycles. The van der Waals surface area contributed by atoms with Crippen LogP contribution in [0.5, 0.6) is 0 Å². The van der Waals surface area contributed by atoms with Crippen LogP contribution in [0.25, 0.3) is 0 Å². The van der Waals surface area contributed by atoms with Crippen molar-refractivity contribution in [3.8, 4) is 0 Å². The number of amides is 1. The number of carbonyl (C=O) groups excluding carboxylic acids is 1. The van der Waals surface area contributed by atoms with Crippen molar-refractivity contribution in [2.75, 3.05) is 6.61 Å². The van der Waals surface area contributed by atoms with E-state index in [-0.39, 0.29) is 6.09 Å². The standard InChI is InChI=1S/C16H29NO2/c1-3-5-7-8-9-10-11-13-15-19-16(18)17-14-12-6-4-2/h4,6,12,14H,3,5,7-11,13,15H2,1-2H3,(H,17,18)/b6-4+,14-12+. The molecule has 0 spiro atoms. The van der Waals surface area contributed by atoms with Gasteiger partial charge in [0, 0.05) is 6.20 Å². The van der Waals surface area contributed by atoms with E-state index in [0.29, 0.717) is 6.61 Å². The minimum atomic E-state index is -0.372. The first-order valence-electron chi connectivity index (χ1n) is 7.52. The van der Waals surface area contributed by atoms with Crippen molar-refractivity contribution in [1.82, 2.24) is 5.32 Å². The summed E-state index contributed by atoms with van der Waals surface area (Å²) in [6, 6.07) is 0. The van der Waals surface area contributed by atoms with Crippen LogP contribution in [0.3, 0.4) is 0 Å². The van der Waals surface area contributed by atoms with E-state index in [1.165, 1.54) is 38.5 Å². The third kappa shape index (κ3) is 14.7. The van der Waals surface area contributed by atoms with Gasteiger partial charge in [0.1, 0.15) is 0 Å². The Hall–Kier alpha value is -1.25. The van der Waals surface area contributed by atoms with Gasteiger partial charge in [0.2, 0.25) is 0 Å². The molecule has 19 heavy (non-hydrogen) atoms. The van der Waals surface area contributed by atoms with E-state index in [9.17, 15) is 4.79 Å². The van der Waals surface area contributed by atoms with Gasteiger partial charge in [-0.3, -0.25) is 5.32 Å². The average Bonchev–Trinajstić information content (AvgIpc) is 2.42. The summed E-state index contributed by atoms with van der Waals surface area (Å²) in [5.74, 6) is 0. The van der Waals surface area contributed by atoms with Gasteiger partial charge in [0.05, 0.1) is 6.61 Å². The highest BCUT2D eigenvalue weighted by molar-refractivity contribution is 5.68. The number of hydrogen-bond donors (Lipinski definition) is 1. The fraction of sp³-hybridized carbons (Fsp3) is 0.688. The molecule has 0 bridgehead atoms. The third-order valence-electron chi connectivity index (χ3n) is 2.83. The number of ether oxygens (including phenoxy) is 1. The molecule has 0 aliphatic heterocycles. The molecule has 0 heterocycles. The van der Waals surface area contributed by atoms with E-state index in [1.54, 1.807) is 12.3 Å². The largest absolute Gasteiger partial charge is 0.449 e. The normalized spacial score (nSPS) is 11.3. The monoisotopic (exact) mass is 267 g/mol. The Morgan fingerprint density at radius 3 is 2.26 bits per heavy atom. The molecule has 0 aromatic rings. The molecule has 3 heteroatoms. The molecule has 0 aliphatic rings. The van der Waals surface area contributed by atoms with Gasteiger partial charge in [0.25, 0.3) is 0 Å². The Morgan fingerprint density at radius 1 is 1.00 bits per heavy atom. The molecule has 0 rings (SSSR count). The Morgan fingerprint density at radius 2 is 1.63 bits per heavy atom. The smallest absolute Gasteiger partial charge is 0.411 e. The van der Waals surface area contributed by atoms with Crippen molar-refractivity contribution in [2.24, 2.45) is 0 Å². The molecule has 0 aromatic heterocycles. The predicted molar refractivity (Wildman–Crippen MR) is 81.0 cm³/mol. The lowest BCUT2D eigenvalue weighted by molar-refractivity contribution is 0.147. The second-order valence-corrected chi connectivity index (χ2v) is 4.64. The second-order valence-electron chi connectivity index (χ2n) is 4.64. The topological polar surface area (TPSA) is 38.3 Å². The number of nitrogens with one attached hydrogen (secondary N) is 1. The molecule has 1 N–H and O–H groups in total. The van der Waals surface area contributed by atoms with Crippen molar-refractivity contribution in [1.29, 1.82) is 0 Å². The molecule has 1 amide bonds. The number of hydrogen-bond acceptors (Lipinski definition) is 2. The minimum absolute atomic E-state index is 0.372. The highest BCUT2D eigenvalue weighted by atomic mass is 16.5. The van der Waals surface area contributed by atoms with Crippen LogP contribution in [0.15, 0.2) is 24.4 Å². The molecular formula is C16H29NO2. The lowest BCUT2D eigenvalue weighted by Crippen LogP contribution is -2.18. The third-order valence-corrected chi connectivity index (χ3v) is 2.83. The van der Waals surface area contributed by atoms with E-state index in [2.05, 4.69) is 12.2 Å². The maximum atomic E-state index is 11.2. The molecule has 0 unspecified atom stereocenters. The zero-order chi connectivity index (χ0) is 14.2. The Kier molecular flexibility index (Phi) is 13.8. The first kappa shape index (κ1) is 17.8. The summed E-state index contributed by atoms with van der Waals surface area (Å²) in [5.41, 5.74) is 0. The van der Waals surface area contributed by atoms with Gasteiger partial charge in [0.15, 0.2) is 0 Å². The van der Waals surface area contributed by atoms with E-state index in [0.717, 1.165) is 12.8 Å². The number of allylic oxidation sites excluding steroid dienone is 3. The summed E-state index contributed by atoms with van der Waals surface area (Å²) in [5, 5.41) is 2.55. The van der Waals surface area contributed by atoms with Gasteiger partial charge in [-0.1, -0.05) is 64.0 Å². The number of unbranched alkanes of at least 4 members (excludes halogenated alkanes) is 7. The predicted octanol–water partition coefficient (Wildman–Crippen LogP) is 4.94. The van der Waals surface area contributed by atoms with E-state index >= 15 is 0 Å². The molecule has 0 atom stereocenters. The van der Waals surface area contributed by atoms with Crippen LogP contribution in [0.2, 0.25) is 0 Å². The fourth-order valence-electron chi connectivity index (χ4n) is 1.73. The molecule has 0 saturated heterocycles. The van der Waals surface area contributed by atoms with E-state index < -0.39 is 0 Å². The van der Waals surface area contributed by atoms with Crippen molar-refractivity contribution < 1.29 is 9.53 Å². The summed E-state index contributed by atoms with van der Waals surface area (Å²) in [4.78, 5) is 11.2. The highest BCUT2D eigenvalue weighted by Crippen LogP contribution is 2.08. The maximum absolute atomic E-state index is 11.2. The van der Waals surface area contributed by atoms with Crippen LogP contribution in [-0.2, 0) is 4.74 Å². The number of rotatable bonds is 11. The zero-order valence-corrected chi connectivity index (χ0v) is 12.5. The number of carbonyl (C=O) groups is 1. The maximum Gasteiger partial charge on any atom is 0.411 e. The molecular weight excluding hydrogens is 238 g/mol. The lowest BCUT2D eigenvalue weighted by atomic mass is 10.1.